The van der Waals surface area contributed by atoms with Crippen molar-refractivity contribution in [3.05, 3.63) is 62.4 Å². The van der Waals surface area contributed by atoms with E-state index in [9.17, 15) is 23.3 Å². The van der Waals surface area contributed by atoms with Gasteiger partial charge in [-0.3, -0.25) is 10.1 Å². The number of nitro groups is 1. The highest BCUT2D eigenvalue weighted by atomic mass is 79.9. The molecular formula is C12H5BrF3NO3. The first kappa shape index (κ1) is 14.3. The lowest BCUT2D eigenvalue weighted by Crippen LogP contribution is -1.96. The van der Waals surface area contributed by atoms with E-state index in [0.717, 1.165) is 6.07 Å². The Morgan fingerprint density at radius 2 is 1.65 bits per heavy atom. The Bertz CT molecular complexity index is 671. The highest BCUT2D eigenvalue weighted by Gasteiger charge is 2.19. The minimum Gasteiger partial charge on any atom is -0.451 e. The molecule has 4 nitrogen and oxygen atoms in total. The van der Waals surface area contributed by atoms with Gasteiger partial charge in [0.25, 0.3) is 5.69 Å². The highest BCUT2D eigenvalue weighted by Crippen LogP contribution is 2.32. The fraction of sp³-hybridized carbons (Fsp3) is 0. The number of hydrogen-bond donors (Lipinski definition) is 0. The second-order valence-corrected chi connectivity index (χ2v) is 4.53. The lowest BCUT2D eigenvalue weighted by Gasteiger charge is -2.08. The molecule has 0 amide bonds. The summed E-state index contributed by atoms with van der Waals surface area (Å²) in [5, 5.41) is 10.4. The van der Waals surface area contributed by atoms with Crippen molar-refractivity contribution in [1.29, 1.82) is 0 Å². The number of halogens is 4. The number of nitro benzene ring substituents is 1. The average molecular weight is 348 g/mol. The van der Waals surface area contributed by atoms with Gasteiger partial charge in [0, 0.05) is 6.07 Å². The maximum atomic E-state index is 13.6. The molecule has 0 saturated carbocycles. The van der Waals surface area contributed by atoms with Crippen molar-refractivity contribution < 1.29 is 22.8 Å². The molecule has 0 aliphatic rings. The number of hydrogen-bond acceptors (Lipinski definition) is 3. The third kappa shape index (κ3) is 2.90. The van der Waals surface area contributed by atoms with E-state index in [-0.39, 0.29) is 10.2 Å². The third-order valence-corrected chi connectivity index (χ3v) is 2.95. The number of ether oxygens (including phenoxy) is 1. The van der Waals surface area contributed by atoms with Gasteiger partial charge >= 0.3 is 0 Å². The fourth-order valence-corrected chi connectivity index (χ4v) is 1.65. The molecule has 2 aromatic rings. The normalized spacial score (nSPS) is 10.4. The first-order valence-electron chi connectivity index (χ1n) is 5.15. The molecule has 2 aromatic carbocycles. The van der Waals surface area contributed by atoms with Gasteiger partial charge in [0.05, 0.1) is 21.5 Å². The first-order chi connectivity index (χ1) is 9.38. The maximum Gasteiger partial charge on any atom is 0.275 e. The van der Waals surface area contributed by atoms with E-state index in [4.69, 9.17) is 4.74 Å². The van der Waals surface area contributed by atoms with Gasteiger partial charge in [-0.1, -0.05) is 0 Å². The number of non-ortho nitro benzene ring substituents is 1. The maximum absolute atomic E-state index is 13.6. The molecule has 0 unspecified atom stereocenters. The molecular weight excluding hydrogens is 343 g/mol. The number of nitrogens with zero attached hydrogens (tertiary/aromatic N) is 1. The minimum absolute atomic E-state index is 0.141. The summed E-state index contributed by atoms with van der Waals surface area (Å²) in [6.07, 6.45) is 0. The van der Waals surface area contributed by atoms with E-state index in [1.807, 2.05) is 0 Å². The summed E-state index contributed by atoms with van der Waals surface area (Å²) >= 11 is 2.92. The van der Waals surface area contributed by atoms with Crippen molar-refractivity contribution >= 4 is 21.6 Å². The van der Waals surface area contributed by atoms with Gasteiger partial charge in [0.1, 0.15) is 11.6 Å². The molecule has 2 rings (SSSR count). The topological polar surface area (TPSA) is 52.4 Å². The second kappa shape index (κ2) is 5.49. The fourth-order valence-electron chi connectivity index (χ4n) is 1.41. The van der Waals surface area contributed by atoms with Crippen molar-refractivity contribution in [1.82, 2.24) is 0 Å². The van der Waals surface area contributed by atoms with Crippen LogP contribution in [-0.4, -0.2) is 4.92 Å². The van der Waals surface area contributed by atoms with Crippen LogP contribution in [0.15, 0.2) is 34.8 Å². The monoisotopic (exact) mass is 347 g/mol. The zero-order valence-electron chi connectivity index (χ0n) is 9.57. The zero-order valence-corrected chi connectivity index (χ0v) is 11.2. The molecule has 0 heterocycles. The van der Waals surface area contributed by atoms with Crippen LogP contribution >= 0.6 is 15.9 Å². The van der Waals surface area contributed by atoms with Gasteiger partial charge in [-0.15, -0.1) is 0 Å². The Morgan fingerprint density at radius 1 is 1.05 bits per heavy atom. The lowest BCUT2D eigenvalue weighted by atomic mass is 10.2. The molecule has 0 bridgehead atoms. The van der Waals surface area contributed by atoms with Gasteiger partial charge in [-0.2, -0.15) is 0 Å². The van der Waals surface area contributed by atoms with Crippen molar-refractivity contribution in [2.45, 2.75) is 0 Å². The van der Waals surface area contributed by atoms with E-state index in [2.05, 4.69) is 15.9 Å². The predicted molar refractivity (Wildman–Crippen MR) is 67.2 cm³/mol. The van der Waals surface area contributed by atoms with Crippen LogP contribution in [0.3, 0.4) is 0 Å². The van der Waals surface area contributed by atoms with Crippen molar-refractivity contribution in [3.8, 4) is 11.5 Å². The van der Waals surface area contributed by atoms with Crippen LogP contribution in [0.4, 0.5) is 18.9 Å². The Balaban J connectivity index is 2.38. The largest absolute Gasteiger partial charge is 0.451 e. The second-order valence-electron chi connectivity index (χ2n) is 3.67. The SMILES string of the molecule is O=[N+]([O-])c1cc(F)c(Oc2ccc(Br)c(F)c2)c(F)c1. The molecule has 0 fully saturated rings. The summed E-state index contributed by atoms with van der Waals surface area (Å²) in [5.74, 6) is -4.15. The lowest BCUT2D eigenvalue weighted by molar-refractivity contribution is -0.385. The van der Waals surface area contributed by atoms with Crippen molar-refractivity contribution in [3.63, 3.8) is 0 Å². The minimum atomic E-state index is -1.25. The highest BCUT2D eigenvalue weighted by molar-refractivity contribution is 9.10. The molecule has 0 aliphatic heterocycles. The average Bonchev–Trinajstić information content (AvgIpc) is 2.37. The third-order valence-electron chi connectivity index (χ3n) is 2.30. The van der Waals surface area contributed by atoms with Crippen molar-refractivity contribution in [2.75, 3.05) is 0 Å². The summed E-state index contributed by atoms with van der Waals surface area (Å²) < 4.78 is 45.4. The standard InChI is InChI=1S/C12H5BrF3NO3/c13-8-2-1-7(5-9(8)14)20-12-10(15)3-6(17(18)19)4-11(12)16/h1-5H. The quantitative estimate of drug-likeness (QED) is 0.603. The number of benzene rings is 2. The van der Waals surface area contributed by atoms with Crippen LogP contribution in [0.5, 0.6) is 11.5 Å². The van der Waals surface area contributed by atoms with Gasteiger partial charge in [0.15, 0.2) is 17.4 Å². The van der Waals surface area contributed by atoms with Crippen LogP contribution in [0.1, 0.15) is 0 Å². The van der Waals surface area contributed by atoms with Crippen LogP contribution < -0.4 is 4.74 Å². The van der Waals surface area contributed by atoms with Crippen LogP contribution in [0, 0.1) is 27.6 Å². The summed E-state index contributed by atoms with van der Waals surface area (Å²) in [4.78, 5) is 9.50. The summed E-state index contributed by atoms with van der Waals surface area (Å²) in [6.45, 7) is 0. The summed E-state index contributed by atoms with van der Waals surface area (Å²) in [6, 6.07) is 4.55. The smallest absolute Gasteiger partial charge is 0.275 e. The first-order valence-corrected chi connectivity index (χ1v) is 5.94. The van der Waals surface area contributed by atoms with Gasteiger partial charge in [-0.05, 0) is 28.1 Å². The van der Waals surface area contributed by atoms with Gasteiger partial charge in [0.2, 0.25) is 0 Å². The van der Waals surface area contributed by atoms with Crippen LogP contribution in [0.2, 0.25) is 0 Å². The molecule has 0 aromatic heterocycles. The molecule has 0 atom stereocenters. The van der Waals surface area contributed by atoms with E-state index in [1.54, 1.807) is 0 Å². The molecule has 0 aliphatic carbocycles. The molecule has 104 valence electrons. The van der Waals surface area contributed by atoms with Crippen molar-refractivity contribution in [2.24, 2.45) is 0 Å². The van der Waals surface area contributed by atoms with E-state index < -0.39 is 33.8 Å². The Morgan fingerprint density at radius 3 is 2.15 bits per heavy atom. The van der Waals surface area contributed by atoms with E-state index >= 15 is 0 Å². The van der Waals surface area contributed by atoms with Crippen LogP contribution in [-0.2, 0) is 0 Å². The molecule has 20 heavy (non-hydrogen) atoms. The number of rotatable bonds is 3. The molecule has 0 saturated heterocycles. The molecule has 0 radical (unpaired) electrons. The predicted octanol–water partition coefficient (Wildman–Crippen LogP) is 4.57. The Labute approximate surface area is 119 Å². The van der Waals surface area contributed by atoms with E-state index in [0.29, 0.717) is 12.1 Å². The van der Waals surface area contributed by atoms with E-state index in [1.165, 1.54) is 12.1 Å². The van der Waals surface area contributed by atoms with Crippen LogP contribution in [0.25, 0.3) is 0 Å². The summed E-state index contributed by atoms with van der Waals surface area (Å²) in [7, 11) is 0. The zero-order chi connectivity index (χ0) is 14.9. The molecule has 0 spiro atoms. The summed E-state index contributed by atoms with van der Waals surface area (Å²) in [5.41, 5.74) is -0.741. The van der Waals surface area contributed by atoms with Gasteiger partial charge in [-0.25, -0.2) is 13.2 Å². The Kier molecular flexibility index (Phi) is 3.93. The van der Waals surface area contributed by atoms with Gasteiger partial charge < -0.3 is 4.74 Å². The Hall–Kier alpha value is -2.09. The molecule has 0 N–H and O–H groups in total. The molecule has 8 heteroatoms.